The minimum Gasteiger partial charge on any atom is -0.492 e. The maximum atomic E-state index is 11.1. The smallest absolute Gasteiger partial charge is 0.311 e. The Kier molecular flexibility index (Phi) is 3.83. The number of aromatic nitrogens is 3. The molecule has 3 aromatic rings. The van der Waals surface area contributed by atoms with Crippen LogP contribution in [0.15, 0.2) is 42.9 Å². The van der Waals surface area contributed by atoms with Crippen molar-refractivity contribution >= 4 is 17.3 Å². The van der Waals surface area contributed by atoms with Gasteiger partial charge < -0.3 is 14.8 Å². The van der Waals surface area contributed by atoms with Gasteiger partial charge >= 0.3 is 5.69 Å². The lowest BCUT2D eigenvalue weighted by atomic mass is 9.95. The Morgan fingerprint density at radius 1 is 1.21 bits per heavy atom. The number of fused-ring (bicyclic) bond motifs is 2. The summed E-state index contributed by atoms with van der Waals surface area (Å²) in [6.45, 7) is 2.72. The number of nitrogens with zero attached hydrogens (tertiary/aromatic N) is 4. The molecular weight excluding hydrogens is 374 g/mol. The number of pyridine rings is 1. The fourth-order valence-corrected chi connectivity index (χ4v) is 3.58. The maximum absolute atomic E-state index is 11.1. The summed E-state index contributed by atoms with van der Waals surface area (Å²) in [4.78, 5) is 23.1. The molecule has 2 aliphatic rings. The molecule has 1 aliphatic carbocycles. The van der Waals surface area contributed by atoms with E-state index in [-0.39, 0.29) is 16.9 Å². The van der Waals surface area contributed by atoms with Crippen LogP contribution in [0.2, 0.25) is 0 Å². The van der Waals surface area contributed by atoms with E-state index in [9.17, 15) is 10.1 Å². The molecule has 146 valence electrons. The molecular formula is C20H17N5O4. The van der Waals surface area contributed by atoms with Gasteiger partial charge in [0.2, 0.25) is 11.7 Å². The molecule has 1 N–H and O–H groups in total. The first-order valence-electron chi connectivity index (χ1n) is 9.19. The second-order valence-electron chi connectivity index (χ2n) is 7.25. The van der Waals surface area contributed by atoms with Crippen molar-refractivity contribution in [2.75, 3.05) is 11.9 Å². The molecule has 0 unspecified atom stereocenters. The van der Waals surface area contributed by atoms with Crippen LogP contribution in [0.5, 0.6) is 17.4 Å². The summed E-state index contributed by atoms with van der Waals surface area (Å²) in [7, 11) is 0. The van der Waals surface area contributed by atoms with Crippen molar-refractivity contribution in [3.63, 3.8) is 0 Å². The molecule has 1 fully saturated rings. The van der Waals surface area contributed by atoms with Crippen LogP contribution in [0.3, 0.4) is 0 Å². The van der Waals surface area contributed by atoms with E-state index in [0.29, 0.717) is 18.3 Å². The summed E-state index contributed by atoms with van der Waals surface area (Å²) in [6, 6.07) is 6.78. The molecule has 1 aromatic carbocycles. The van der Waals surface area contributed by atoms with Gasteiger partial charge in [-0.3, -0.25) is 10.1 Å². The molecule has 9 nitrogen and oxygen atoms in total. The highest BCUT2D eigenvalue weighted by Crippen LogP contribution is 2.59. The van der Waals surface area contributed by atoms with E-state index < -0.39 is 4.92 Å². The Bertz CT molecular complexity index is 1110. The number of nitrogens with one attached hydrogen (secondary N) is 1. The number of rotatable bonds is 5. The summed E-state index contributed by atoms with van der Waals surface area (Å²) in [5.41, 5.74) is 2.15. The molecule has 29 heavy (non-hydrogen) atoms. The molecule has 1 spiro atoms. The van der Waals surface area contributed by atoms with E-state index in [0.717, 1.165) is 35.5 Å². The van der Waals surface area contributed by atoms with E-state index in [1.54, 1.807) is 0 Å². The Morgan fingerprint density at radius 2 is 2.07 bits per heavy atom. The molecule has 2 aromatic heterocycles. The van der Waals surface area contributed by atoms with Gasteiger partial charge in [0, 0.05) is 23.2 Å². The van der Waals surface area contributed by atoms with Crippen LogP contribution in [0, 0.1) is 17.0 Å². The quantitative estimate of drug-likeness (QED) is 0.512. The highest BCUT2D eigenvalue weighted by atomic mass is 16.6. The second-order valence-corrected chi connectivity index (χ2v) is 7.25. The van der Waals surface area contributed by atoms with Gasteiger partial charge in [-0.05, 0) is 37.5 Å². The third-order valence-electron chi connectivity index (χ3n) is 5.27. The van der Waals surface area contributed by atoms with Crippen molar-refractivity contribution in [2.24, 2.45) is 0 Å². The average molecular weight is 391 g/mol. The summed E-state index contributed by atoms with van der Waals surface area (Å²) in [6.07, 6.45) is 6.58. The zero-order valence-electron chi connectivity index (χ0n) is 15.6. The van der Waals surface area contributed by atoms with Gasteiger partial charge in [0.15, 0.2) is 5.82 Å². The van der Waals surface area contributed by atoms with Gasteiger partial charge in [0.05, 0.1) is 23.9 Å². The zero-order chi connectivity index (χ0) is 20.0. The first kappa shape index (κ1) is 17.4. The standard InChI is InChI=1S/C20H17N5O4/c1-12-4-5-14(17-18(12)28-11-20(17)6-7-20)29-16-10-22-15(9-23-16)24-19-13(25(26)27)3-2-8-21-19/h2-5,8-10H,6-7,11H2,1H3,(H,21,22,24). The summed E-state index contributed by atoms with van der Waals surface area (Å²) in [5, 5.41) is 13.9. The van der Waals surface area contributed by atoms with E-state index in [4.69, 9.17) is 9.47 Å². The van der Waals surface area contributed by atoms with E-state index in [1.165, 1.54) is 30.7 Å². The molecule has 0 radical (unpaired) electrons. The van der Waals surface area contributed by atoms with Crippen molar-refractivity contribution in [1.29, 1.82) is 0 Å². The molecule has 5 rings (SSSR count). The lowest BCUT2D eigenvalue weighted by Gasteiger charge is -2.13. The van der Waals surface area contributed by atoms with Crippen molar-refractivity contribution in [1.82, 2.24) is 15.0 Å². The Hall–Kier alpha value is -3.75. The molecule has 1 aliphatic heterocycles. The molecule has 3 heterocycles. The van der Waals surface area contributed by atoms with Gasteiger partial charge in [-0.2, -0.15) is 0 Å². The molecule has 1 saturated carbocycles. The SMILES string of the molecule is Cc1ccc(Oc2cnc(Nc3ncccc3[N+](=O)[O-])cn2)c2c1OCC21CC1. The highest BCUT2D eigenvalue weighted by molar-refractivity contribution is 5.62. The molecule has 0 bridgehead atoms. The van der Waals surface area contributed by atoms with Crippen LogP contribution in [-0.4, -0.2) is 26.5 Å². The number of hydrogen-bond acceptors (Lipinski definition) is 8. The minimum absolute atomic E-state index is 0.0729. The van der Waals surface area contributed by atoms with Gasteiger partial charge in [-0.25, -0.2) is 15.0 Å². The first-order chi connectivity index (χ1) is 14.1. The first-order valence-corrected chi connectivity index (χ1v) is 9.19. The fourth-order valence-electron chi connectivity index (χ4n) is 3.58. The monoisotopic (exact) mass is 391 g/mol. The second kappa shape index (κ2) is 6.40. The van der Waals surface area contributed by atoms with Gasteiger partial charge in [0.25, 0.3) is 0 Å². The highest BCUT2D eigenvalue weighted by Gasteiger charge is 2.53. The lowest BCUT2D eigenvalue weighted by molar-refractivity contribution is -0.384. The van der Waals surface area contributed by atoms with Crippen LogP contribution < -0.4 is 14.8 Å². The molecule has 0 amide bonds. The predicted molar refractivity (Wildman–Crippen MR) is 104 cm³/mol. The third-order valence-corrected chi connectivity index (χ3v) is 5.27. The van der Waals surface area contributed by atoms with Crippen molar-refractivity contribution in [3.8, 4) is 17.4 Å². The third kappa shape index (κ3) is 3.00. The molecule has 9 heteroatoms. The zero-order valence-corrected chi connectivity index (χ0v) is 15.6. The van der Waals surface area contributed by atoms with E-state index in [1.807, 2.05) is 19.1 Å². The fraction of sp³-hybridized carbons (Fsp3) is 0.250. The van der Waals surface area contributed by atoms with Crippen molar-refractivity contribution < 1.29 is 14.4 Å². The van der Waals surface area contributed by atoms with E-state index in [2.05, 4.69) is 20.3 Å². The van der Waals surface area contributed by atoms with Crippen LogP contribution in [0.4, 0.5) is 17.3 Å². The van der Waals surface area contributed by atoms with Crippen LogP contribution >= 0.6 is 0 Å². The largest absolute Gasteiger partial charge is 0.492 e. The topological polar surface area (TPSA) is 112 Å². The van der Waals surface area contributed by atoms with Crippen molar-refractivity contribution in [3.05, 3.63) is 64.1 Å². The van der Waals surface area contributed by atoms with Crippen molar-refractivity contribution in [2.45, 2.75) is 25.2 Å². The minimum atomic E-state index is -0.506. The number of aryl methyl sites for hydroxylation is 1. The number of hydrogen-bond donors (Lipinski definition) is 1. The Morgan fingerprint density at radius 3 is 2.79 bits per heavy atom. The van der Waals surface area contributed by atoms with E-state index >= 15 is 0 Å². The Balaban J connectivity index is 1.38. The normalized spacial score (nSPS) is 15.5. The molecule has 0 saturated heterocycles. The lowest BCUT2D eigenvalue weighted by Crippen LogP contribution is -2.08. The number of nitro groups is 1. The Labute approximate surface area is 165 Å². The van der Waals surface area contributed by atoms with Crippen LogP contribution in [0.1, 0.15) is 24.0 Å². The predicted octanol–water partition coefficient (Wildman–Crippen LogP) is 4.05. The summed E-state index contributed by atoms with van der Waals surface area (Å²) in [5.74, 6) is 2.41. The van der Waals surface area contributed by atoms with Gasteiger partial charge in [-0.15, -0.1) is 0 Å². The number of benzene rings is 1. The average Bonchev–Trinajstić information content (AvgIpc) is 3.39. The van der Waals surface area contributed by atoms with Crippen LogP contribution in [0.25, 0.3) is 0 Å². The summed E-state index contributed by atoms with van der Waals surface area (Å²) < 4.78 is 11.9. The molecule has 0 atom stereocenters. The summed E-state index contributed by atoms with van der Waals surface area (Å²) >= 11 is 0. The number of ether oxygens (including phenoxy) is 2. The number of anilines is 2. The van der Waals surface area contributed by atoms with Gasteiger partial charge in [-0.1, -0.05) is 6.07 Å². The van der Waals surface area contributed by atoms with Gasteiger partial charge in [0.1, 0.15) is 11.5 Å². The van der Waals surface area contributed by atoms with Crippen LogP contribution in [-0.2, 0) is 5.41 Å². The maximum Gasteiger partial charge on any atom is 0.311 e.